The molecule has 0 saturated heterocycles. The maximum Gasteiger partial charge on any atom is 0.416 e. The maximum absolute atomic E-state index is 12.9. The van der Waals surface area contributed by atoms with Crippen molar-refractivity contribution in [3.05, 3.63) is 47.5 Å². The predicted molar refractivity (Wildman–Crippen MR) is 61.6 cm³/mol. The Labute approximate surface area is 107 Å². The third-order valence-electron chi connectivity index (χ3n) is 2.69. The van der Waals surface area contributed by atoms with Gasteiger partial charge in [0.25, 0.3) is 0 Å². The Balaban J connectivity index is 2.50. The molecule has 0 aliphatic heterocycles. The molecule has 3 N–H and O–H groups in total. The fourth-order valence-electron chi connectivity index (χ4n) is 1.85. The first kappa shape index (κ1) is 13.5. The number of halogens is 3. The Bertz CT molecular complexity index is 563. The molecule has 0 aliphatic carbocycles. The molecule has 1 unspecified atom stereocenters. The SMILES string of the molecule is Cn1cc(C(NN)c2cnccc2C(F)(F)F)cn1. The number of nitrogens with two attached hydrogens (primary N) is 1. The lowest BCUT2D eigenvalue weighted by atomic mass is 9.99. The summed E-state index contributed by atoms with van der Waals surface area (Å²) in [4.78, 5) is 3.74. The van der Waals surface area contributed by atoms with Gasteiger partial charge in [-0.2, -0.15) is 18.3 Å². The lowest BCUT2D eigenvalue weighted by Crippen LogP contribution is -2.30. The highest BCUT2D eigenvalue weighted by atomic mass is 19.4. The van der Waals surface area contributed by atoms with Crippen molar-refractivity contribution < 1.29 is 13.2 Å². The summed E-state index contributed by atoms with van der Waals surface area (Å²) in [6.45, 7) is 0. The second-order valence-electron chi connectivity index (χ2n) is 4.01. The van der Waals surface area contributed by atoms with Crippen molar-refractivity contribution in [2.24, 2.45) is 12.9 Å². The number of aryl methyl sites for hydroxylation is 1. The molecule has 1 atom stereocenters. The van der Waals surface area contributed by atoms with Gasteiger partial charge >= 0.3 is 6.18 Å². The summed E-state index contributed by atoms with van der Waals surface area (Å²) in [5.74, 6) is 5.38. The zero-order chi connectivity index (χ0) is 14.0. The molecule has 0 saturated carbocycles. The highest BCUT2D eigenvalue weighted by molar-refractivity contribution is 5.35. The summed E-state index contributed by atoms with van der Waals surface area (Å²) in [7, 11) is 1.67. The predicted octanol–water partition coefficient (Wildman–Crippen LogP) is 1.39. The van der Waals surface area contributed by atoms with Crippen LogP contribution in [0.15, 0.2) is 30.9 Å². The van der Waals surface area contributed by atoms with Crippen molar-refractivity contribution in [3.8, 4) is 0 Å². The molecule has 2 heterocycles. The standard InChI is InChI=1S/C11H12F3N5/c1-19-6-7(4-17-19)10(18-15)8-5-16-3-2-9(8)11(12,13)14/h2-6,10,18H,15H2,1H3. The average Bonchev–Trinajstić information content (AvgIpc) is 2.76. The van der Waals surface area contributed by atoms with Crippen LogP contribution >= 0.6 is 0 Å². The van der Waals surface area contributed by atoms with Gasteiger partial charge < -0.3 is 0 Å². The van der Waals surface area contributed by atoms with Gasteiger partial charge in [-0.25, -0.2) is 5.43 Å². The number of alkyl halides is 3. The molecule has 0 aliphatic rings. The fourth-order valence-corrected chi connectivity index (χ4v) is 1.85. The van der Waals surface area contributed by atoms with Crippen molar-refractivity contribution >= 4 is 0 Å². The Hall–Kier alpha value is -1.93. The smallest absolute Gasteiger partial charge is 0.275 e. The van der Waals surface area contributed by atoms with Gasteiger partial charge in [0.1, 0.15) is 0 Å². The highest BCUT2D eigenvalue weighted by Crippen LogP contribution is 2.35. The molecule has 0 fully saturated rings. The van der Waals surface area contributed by atoms with E-state index in [1.54, 1.807) is 13.2 Å². The van der Waals surface area contributed by atoms with Crippen LogP contribution in [0, 0.1) is 0 Å². The molecule has 102 valence electrons. The lowest BCUT2D eigenvalue weighted by Gasteiger charge is -2.19. The number of aromatic nitrogens is 3. The van der Waals surface area contributed by atoms with Crippen molar-refractivity contribution in [2.75, 3.05) is 0 Å². The summed E-state index contributed by atoms with van der Waals surface area (Å²) in [5, 5.41) is 3.92. The highest BCUT2D eigenvalue weighted by Gasteiger charge is 2.35. The molecule has 19 heavy (non-hydrogen) atoms. The first-order chi connectivity index (χ1) is 8.93. The molecular weight excluding hydrogens is 259 g/mol. The Morgan fingerprint density at radius 1 is 1.37 bits per heavy atom. The summed E-state index contributed by atoms with van der Waals surface area (Å²) < 4.78 is 40.3. The summed E-state index contributed by atoms with van der Waals surface area (Å²) in [6, 6.07) is 0.106. The summed E-state index contributed by atoms with van der Waals surface area (Å²) in [5.41, 5.74) is 2.09. The second-order valence-corrected chi connectivity index (χ2v) is 4.01. The summed E-state index contributed by atoms with van der Waals surface area (Å²) in [6.07, 6.45) is 0.842. The van der Waals surface area contributed by atoms with Crippen LogP contribution in [-0.4, -0.2) is 14.8 Å². The third-order valence-corrected chi connectivity index (χ3v) is 2.69. The van der Waals surface area contributed by atoms with Crippen molar-refractivity contribution in [2.45, 2.75) is 12.2 Å². The molecule has 2 aromatic rings. The van der Waals surface area contributed by atoms with E-state index in [-0.39, 0.29) is 5.56 Å². The molecule has 0 radical (unpaired) electrons. The van der Waals surface area contributed by atoms with E-state index in [0.29, 0.717) is 5.56 Å². The van der Waals surface area contributed by atoms with Gasteiger partial charge in [-0.3, -0.25) is 15.5 Å². The molecule has 5 nitrogen and oxygen atoms in total. The first-order valence-corrected chi connectivity index (χ1v) is 5.39. The maximum atomic E-state index is 12.9. The van der Waals surface area contributed by atoms with E-state index in [1.165, 1.54) is 10.9 Å². The van der Waals surface area contributed by atoms with E-state index in [2.05, 4.69) is 15.5 Å². The van der Waals surface area contributed by atoms with Gasteiger partial charge in [-0.05, 0) is 6.07 Å². The van der Waals surface area contributed by atoms with Gasteiger partial charge in [0.05, 0.1) is 17.8 Å². The molecule has 2 rings (SSSR count). The number of rotatable bonds is 3. The largest absolute Gasteiger partial charge is 0.416 e. The molecule has 2 aromatic heterocycles. The van der Waals surface area contributed by atoms with E-state index >= 15 is 0 Å². The molecule has 0 amide bonds. The van der Waals surface area contributed by atoms with Gasteiger partial charge in [0.15, 0.2) is 0 Å². The fraction of sp³-hybridized carbons (Fsp3) is 0.273. The van der Waals surface area contributed by atoms with Crippen LogP contribution in [0.3, 0.4) is 0 Å². The molecule has 8 heteroatoms. The minimum Gasteiger partial charge on any atom is -0.275 e. The van der Waals surface area contributed by atoms with Crippen LogP contribution in [0.2, 0.25) is 0 Å². The van der Waals surface area contributed by atoms with E-state index in [9.17, 15) is 13.2 Å². The van der Waals surface area contributed by atoms with E-state index in [1.807, 2.05) is 0 Å². The number of hydrazine groups is 1. The number of hydrogen-bond donors (Lipinski definition) is 2. The summed E-state index contributed by atoms with van der Waals surface area (Å²) >= 11 is 0. The molecule has 0 spiro atoms. The van der Waals surface area contributed by atoms with Gasteiger partial charge in [0, 0.05) is 36.8 Å². The van der Waals surface area contributed by atoms with E-state index in [4.69, 9.17) is 5.84 Å². The first-order valence-electron chi connectivity index (χ1n) is 5.39. The zero-order valence-corrected chi connectivity index (χ0v) is 10.0. The zero-order valence-electron chi connectivity index (χ0n) is 10.0. The van der Waals surface area contributed by atoms with Crippen LogP contribution in [0.25, 0.3) is 0 Å². The van der Waals surface area contributed by atoms with Crippen LogP contribution in [0.1, 0.15) is 22.7 Å². The minimum absolute atomic E-state index is 0.0366. The Kier molecular flexibility index (Phi) is 3.54. The van der Waals surface area contributed by atoms with Gasteiger partial charge in [-0.1, -0.05) is 0 Å². The number of pyridine rings is 1. The Morgan fingerprint density at radius 2 is 2.11 bits per heavy atom. The third kappa shape index (κ3) is 2.74. The average molecular weight is 271 g/mol. The van der Waals surface area contributed by atoms with E-state index < -0.39 is 17.8 Å². The van der Waals surface area contributed by atoms with Crippen molar-refractivity contribution in [1.82, 2.24) is 20.2 Å². The second kappa shape index (κ2) is 4.98. The van der Waals surface area contributed by atoms with Crippen LogP contribution in [-0.2, 0) is 13.2 Å². The number of nitrogens with one attached hydrogen (secondary N) is 1. The number of nitrogens with zero attached hydrogens (tertiary/aromatic N) is 3. The number of hydrogen-bond acceptors (Lipinski definition) is 4. The lowest BCUT2D eigenvalue weighted by molar-refractivity contribution is -0.138. The quantitative estimate of drug-likeness (QED) is 0.654. The molecule has 0 aromatic carbocycles. The van der Waals surface area contributed by atoms with E-state index in [0.717, 1.165) is 18.5 Å². The van der Waals surface area contributed by atoms with Crippen molar-refractivity contribution in [3.63, 3.8) is 0 Å². The van der Waals surface area contributed by atoms with Gasteiger partial charge in [0.2, 0.25) is 0 Å². The van der Waals surface area contributed by atoms with Crippen LogP contribution in [0.5, 0.6) is 0 Å². The monoisotopic (exact) mass is 271 g/mol. The van der Waals surface area contributed by atoms with Crippen LogP contribution in [0.4, 0.5) is 13.2 Å². The molecule has 0 bridgehead atoms. The van der Waals surface area contributed by atoms with Crippen LogP contribution < -0.4 is 11.3 Å². The van der Waals surface area contributed by atoms with Gasteiger partial charge in [-0.15, -0.1) is 0 Å². The molecular formula is C11H12F3N5. The topological polar surface area (TPSA) is 68.8 Å². The van der Waals surface area contributed by atoms with Crippen molar-refractivity contribution in [1.29, 1.82) is 0 Å². The Morgan fingerprint density at radius 3 is 2.63 bits per heavy atom. The normalized spacial score (nSPS) is 13.5. The minimum atomic E-state index is -4.46.